The maximum Gasteiger partial charge on any atom is 0.226 e. The van der Waals surface area contributed by atoms with E-state index in [1.54, 1.807) is 19.1 Å². The van der Waals surface area contributed by atoms with Crippen molar-refractivity contribution in [2.24, 2.45) is 11.1 Å². The molecule has 2 aromatic rings. The van der Waals surface area contributed by atoms with Gasteiger partial charge in [0.2, 0.25) is 5.91 Å². The van der Waals surface area contributed by atoms with E-state index in [2.05, 4.69) is 20.4 Å². The highest BCUT2D eigenvalue weighted by Crippen LogP contribution is 2.40. The molecule has 8 nitrogen and oxygen atoms in total. The molecule has 1 aliphatic carbocycles. The monoisotopic (exact) mass is 464 g/mol. The Kier molecular flexibility index (Phi) is 7.27. The lowest BCUT2D eigenvalue weighted by Gasteiger charge is -2.24. The molecule has 1 amide bonds. The van der Waals surface area contributed by atoms with Crippen molar-refractivity contribution in [1.82, 2.24) is 9.97 Å². The average molecular weight is 465 g/mol. The summed E-state index contributed by atoms with van der Waals surface area (Å²) < 4.78 is 23.7. The molecule has 1 atom stereocenters. The highest BCUT2D eigenvalue weighted by atomic mass is 35.5. The van der Waals surface area contributed by atoms with Crippen molar-refractivity contribution in [3.8, 4) is 0 Å². The first-order valence-corrected chi connectivity index (χ1v) is 12.3. The van der Waals surface area contributed by atoms with Crippen LogP contribution in [0.15, 0.2) is 40.6 Å². The van der Waals surface area contributed by atoms with E-state index in [4.69, 9.17) is 16.8 Å². The lowest BCUT2D eigenvalue weighted by molar-refractivity contribution is -0.116. The van der Waals surface area contributed by atoms with Crippen molar-refractivity contribution in [3.63, 3.8) is 0 Å². The quantitative estimate of drug-likeness (QED) is 0.362. The minimum atomic E-state index is -3.42. The Hall–Kier alpha value is -2.52. The number of anilines is 1. The largest absolute Gasteiger partial charge is 0.411 e. The maximum absolute atomic E-state index is 12.8. The molecule has 0 saturated heterocycles. The van der Waals surface area contributed by atoms with Crippen LogP contribution in [0.1, 0.15) is 56.2 Å². The normalized spacial score (nSPS) is 16.3. The standard InChI is InChI=1S/C21H25ClN4O4S/c1-13(26-28)18-11-24-20(12-23-18)25-21(27)10-16(14-5-3-4-6-14)15-7-8-19(17(22)9-15)31(2,29)30/h7-9,11-12,14,16,28H,3-6,10H2,1-2H3,(H,24,25,27)/b26-13-/t16-/m1/s1. The third-order valence-electron chi connectivity index (χ3n) is 5.60. The number of carbonyl (C=O) groups excluding carboxylic acids is 1. The van der Waals surface area contributed by atoms with Crippen LogP contribution in [0.3, 0.4) is 0 Å². The molecule has 1 aromatic carbocycles. The Bertz CT molecular complexity index is 1080. The van der Waals surface area contributed by atoms with Crippen LogP contribution in [-0.2, 0) is 14.6 Å². The van der Waals surface area contributed by atoms with Crippen LogP contribution >= 0.6 is 11.6 Å². The molecule has 166 valence electrons. The van der Waals surface area contributed by atoms with Gasteiger partial charge in [-0.05, 0) is 49.3 Å². The highest BCUT2D eigenvalue weighted by Gasteiger charge is 2.29. The smallest absolute Gasteiger partial charge is 0.226 e. The van der Waals surface area contributed by atoms with Crippen LogP contribution < -0.4 is 5.32 Å². The minimum Gasteiger partial charge on any atom is -0.411 e. The number of nitrogens with one attached hydrogen (secondary N) is 1. The van der Waals surface area contributed by atoms with Crippen LogP contribution in [0.25, 0.3) is 0 Å². The molecule has 31 heavy (non-hydrogen) atoms. The molecule has 0 aliphatic heterocycles. The fraction of sp³-hybridized carbons (Fsp3) is 0.429. The van der Waals surface area contributed by atoms with Crippen molar-refractivity contribution < 1.29 is 18.4 Å². The van der Waals surface area contributed by atoms with Gasteiger partial charge in [-0.1, -0.05) is 35.7 Å². The molecule has 0 bridgehead atoms. The number of rotatable bonds is 7. The van der Waals surface area contributed by atoms with Crippen molar-refractivity contribution in [2.75, 3.05) is 11.6 Å². The molecule has 1 aromatic heterocycles. The predicted molar refractivity (Wildman–Crippen MR) is 119 cm³/mol. The number of sulfone groups is 1. The number of oxime groups is 1. The first-order chi connectivity index (χ1) is 14.7. The molecule has 2 N–H and O–H groups in total. The van der Waals surface area contributed by atoms with Crippen molar-refractivity contribution in [1.29, 1.82) is 0 Å². The Morgan fingerprint density at radius 2 is 2.00 bits per heavy atom. The van der Waals surface area contributed by atoms with Gasteiger partial charge in [0.15, 0.2) is 15.7 Å². The third kappa shape index (κ3) is 5.80. The number of carbonyl (C=O) groups is 1. The second-order valence-electron chi connectivity index (χ2n) is 7.84. The minimum absolute atomic E-state index is 0.0791. The maximum atomic E-state index is 12.8. The number of hydrogen-bond acceptors (Lipinski definition) is 7. The Morgan fingerprint density at radius 3 is 2.55 bits per heavy atom. The van der Waals surface area contributed by atoms with Gasteiger partial charge in [0.1, 0.15) is 11.4 Å². The van der Waals surface area contributed by atoms with Gasteiger partial charge in [-0.25, -0.2) is 18.4 Å². The number of nitrogens with zero attached hydrogens (tertiary/aromatic N) is 3. The summed E-state index contributed by atoms with van der Waals surface area (Å²) in [5, 5.41) is 14.8. The molecular formula is C21H25ClN4O4S. The van der Waals surface area contributed by atoms with E-state index in [0.29, 0.717) is 23.1 Å². The third-order valence-corrected chi connectivity index (χ3v) is 7.18. The molecule has 1 heterocycles. The summed E-state index contributed by atoms with van der Waals surface area (Å²) in [6.07, 6.45) is 8.41. The summed E-state index contributed by atoms with van der Waals surface area (Å²) in [6.45, 7) is 1.59. The number of benzene rings is 1. The van der Waals surface area contributed by atoms with Gasteiger partial charge in [-0.3, -0.25) is 4.79 Å². The van der Waals surface area contributed by atoms with Gasteiger partial charge in [0.25, 0.3) is 0 Å². The number of hydrogen-bond donors (Lipinski definition) is 2. The summed E-state index contributed by atoms with van der Waals surface area (Å²) >= 11 is 6.26. The van der Waals surface area contributed by atoms with Crippen LogP contribution in [-0.4, -0.2) is 41.5 Å². The van der Waals surface area contributed by atoms with Crippen LogP contribution in [0.2, 0.25) is 5.02 Å². The Balaban J connectivity index is 1.79. The SMILES string of the molecule is C/C(=N/O)c1cnc(NC(=O)C[C@@H](c2ccc(S(C)(=O)=O)c(Cl)c2)C2CCCC2)cn1. The second kappa shape index (κ2) is 9.74. The predicted octanol–water partition coefficient (Wildman–Crippen LogP) is 4.03. The Labute approximate surface area is 186 Å². The van der Waals surface area contributed by atoms with E-state index < -0.39 is 9.84 Å². The number of halogens is 1. The highest BCUT2D eigenvalue weighted by molar-refractivity contribution is 7.90. The van der Waals surface area contributed by atoms with E-state index in [9.17, 15) is 13.2 Å². The van der Waals surface area contributed by atoms with Gasteiger partial charge in [0.05, 0.1) is 22.3 Å². The molecule has 3 rings (SSSR count). The van der Waals surface area contributed by atoms with Gasteiger partial charge >= 0.3 is 0 Å². The topological polar surface area (TPSA) is 122 Å². The molecular weight excluding hydrogens is 440 g/mol. The lowest BCUT2D eigenvalue weighted by Crippen LogP contribution is -2.21. The molecule has 1 saturated carbocycles. The van der Waals surface area contributed by atoms with Gasteiger partial charge < -0.3 is 10.5 Å². The average Bonchev–Trinajstić information content (AvgIpc) is 3.25. The summed E-state index contributed by atoms with van der Waals surface area (Å²) in [5.41, 5.74) is 1.58. The van der Waals surface area contributed by atoms with E-state index in [-0.39, 0.29) is 28.2 Å². The zero-order valence-electron chi connectivity index (χ0n) is 17.4. The van der Waals surface area contributed by atoms with Crippen molar-refractivity contribution in [2.45, 2.75) is 49.8 Å². The molecule has 1 fully saturated rings. The first kappa shape index (κ1) is 23.1. The summed E-state index contributed by atoms with van der Waals surface area (Å²) in [5.74, 6) is 0.331. The zero-order chi connectivity index (χ0) is 22.6. The van der Waals surface area contributed by atoms with Crippen molar-refractivity contribution >= 4 is 38.9 Å². The fourth-order valence-corrected chi connectivity index (χ4v) is 5.33. The second-order valence-corrected chi connectivity index (χ2v) is 10.2. The lowest BCUT2D eigenvalue weighted by atomic mass is 9.82. The molecule has 0 radical (unpaired) electrons. The van der Waals surface area contributed by atoms with Gasteiger partial charge in [-0.15, -0.1) is 0 Å². The van der Waals surface area contributed by atoms with Crippen LogP contribution in [0.4, 0.5) is 5.82 Å². The van der Waals surface area contributed by atoms with Crippen LogP contribution in [0.5, 0.6) is 0 Å². The fourth-order valence-electron chi connectivity index (χ4n) is 3.99. The zero-order valence-corrected chi connectivity index (χ0v) is 18.9. The number of aromatic nitrogens is 2. The van der Waals surface area contributed by atoms with Gasteiger partial charge in [-0.2, -0.15) is 0 Å². The molecule has 1 aliphatic rings. The summed E-state index contributed by atoms with van der Waals surface area (Å²) in [7, 11) is -3.42. The summed E-state index contributed by atoms with van der Waals surface area (Å²) in [6, 6.07) is 4.94. The molecule has 10 heteroatoms. The first-order valence-electron chi connectivity index (χ1n) is 9.99. The van der Waals surface area contributed by atoms with Crippen molar-refractivity contribution in [3.05, 3.63) is 46.9 Å². The van der Waals surface area contributed by atoms with Crippen LogP contribution in [0, 0.1) is 5.92 Å². The van der Waals surface area contributed by atoms with E-state index in [1.165, 1.54) is 18.5 Å². The van der Waals surface area contributed by atoms with E-state index >= 15 is 0 Å². The van der Waals surface area contributed by atoms with E-state index in [0.717, 1.165) is 37.5 Å². The van der Waals surface area contributed by atoms with E-state index in [1.807, 2.05) is 0 Å². The summed E-state index contributed by atoms with van der Waals surface area (Å²) in [4.78, 5) is 21.1. The molecule has 0 unspecified atom stereocenters. The Morgan fingerprint density at radius 1 is 1.29 bits per heavy atom. The van der Waals surface area contributed by atoms with Gasteiger partial charge in [0, 0.05) is 12.7 Å². The number of amides is 1. The molecule has 0 spiro atoms.